The summed E-state index contributed by atoms with van der Waals surface area (Å²) in [5.74, 6) is -1.45. The molecule has 3 rings (SSSR count). The maximum atomic E-state index is 13.2. The van der Waals surface area contributed by atoms with E-state index in [1.807, 2.05) is 6.92 Å². The lowest BCUT2D eigenvalue weighted by atomic mass is 9.96. The molecule has 1 amide bonds. The van der Waals surface area contributed by atoms with Crippen LogP contribution in [0.1, 0.15) is 57.8 Å². The second kappa shape index (κ2) is 11.7. The third-order valence-electron chi connectivity index (χ3n) is 5.45. The topological polar surface area (TPSA) is 127 Å². The highest BCUT2D eigenvalue weighted by atomic mass is 32.2. The summed E-state index contributed by atoms with van der Waals surface area (Å²) < 4.78 is 74.7. The van der Waals surface area contributed by atoms with Crippen molar-refractivity contribution < 1.29 is 40.7 Å². The number of aromatic nitrogens is 2. The monoisotopic (exact) mass is 553 g/mol. The second-order valence-electron chi connectivity index (χ2n) is 8.42. The van der Waals surface area contributed by atoms with Gasteiger partial charge in [0.05, 0.1) is 24.6 Å². The summed E-state index contributed by atoms with van der Waals surface area (Å²) in [7, 11) is -2.74. The van der Waals surface area contributed by atoms with Gasteiger partial charge in [0, 0.05) is 23.7 Å². The first-order valence-corrected chi connectivity index (χ1v) is 13.3. The van der Waals surface area contributed by atoms with E-state index in [0.29, 0.717) is 29.3 Å². The van der Waals surface area contributed by atoms with Crippen molar-refractivity contribution in [1.82, 2.24) is 14.7 Å². The van der Waals surface area contributed by atoms with Gasteiger partial charge in [-0.05, 0) is 36.2 Å². The third kappa shape index (κ3) is 7.34. The van der Waals surface area contributed by atoms with E-state index in [2.05, 4.69) is 9.97 Å². The average molecular weight is 554 g/mol. The molecule has 204 valence electrons. The first-order valence-electron chi connectivity index (χ1n) is 11.4. The quantitative estimate of drug-likeness (QED) is 0.364. The molecule has 2 N–H and O–H groups in total. The van der Waals surface area contributed by atoms with Gasteiger partial charge in [-0.3, -0.25) is 9.59 Å². The number of sulfonamides is 1. The largest absolute Gasteiger partial charge is 0.489 e. The normalized spacial score (nSPS) is 12.6. The van der Waals surface area contributed by atoms with E-state index < -0.39 is 45.1 Å². The Morgan fingerprint density at radius 1 is 1.13 bits per heavy atom. The Labute approximate surface area is 217 Å². The Balaban J connectivity index is 1.83. The fourth-order valence-corrected chi connectivity index (χ4v) is 4.13. The van der Waals surface area contributed by atoms with Crippen molar-refractivity contribution in [2.24, 2.45) is 0 Å². The molecular formula is C25H26F3N3O6S. The molecule has 13 heteroatoms. The van der Waals surface area contributed by atoms with Crippen LogP contribution in [-0.2, 0) is 38.8 Å². The van der Waals surface area contributed by atoms with Crippen molar-refractivity contribution in [1.29, 1.82) is 0 Å². The Morgan fingerprint density at radius 2 is 1.82 bits per heavy atom. The fraction of sp³-hybridized carbons (Fsp3) is 0.320. The molecule has 9 nitrogen and oxygen atoms in total. The molecule has 1 atom stereocenters. The molecule has 0 aliphatic rings. The number of nitrogens with zero attached hydrogens (tertiary/aromatic N) is 1. The molecule has 0 fully saturated rings. The van der Waals surface area contributed by atoms with E-state index in [4.69, 9.17) is 9.47 Å². The van der Waals surface area contributed by atoms with E-state index >= 15 is 0 Å². The fourth-order valence-electron chi connectivity index (χ4n) is 3.68. The van der Waals surface area contributed by atoms with Crippen LogP contribution in [0.15, 0.2) is 48.7 Å². The molecule has 0 aliphatic carbocycles. The number of ether oxygens (including phenoxy) is 2. The molecule has 38 heavy (non-hydrogen) atoms. The van der Waals surface area contributed by atoms with Crippen LogP contribution < -0.4 is 9.46 Å². The van der Waals surface area contributed by atoms with Crippen molar-refractivity contribution in [2.45, 2.75) is 38.5 Å². The van der Waals surface area contributed by atoms with Crippen LogP contribution in [-0.4, -0.2) is 43.6 Å². The number of carbonyl (C=O) groups is 2. The van der Waals surface area contributed by atoms with Crippen LogP contribution in [0.5, 0.6) is 5.75 Å². The second-order valence-corrected chi connectivity index (χ2v) is 10.2. The van der Waals surface area contributed by atoms with E-state index in [1.54, 1.807) is 35.2 Å². The van der Waals surface area contributed by atoms with E-state index in [-0.39, 0.29) is 12.2 Å². The van der Waals surface area contributed by atoms with Crippen molar-refractivity contribution in [3.63, 3.8) is 0 Å². The molecule has 1 heterocycles. The summed E-state index contributed by atoms with van der Waals surface area (Å²) in [5.41, 5.74) is -0.427. The molecule has 0 bridgehead atoms. The summed E-state index contributed by atoms with van der Waals surface area (Å²) >= 11 is 0. The van der Waals surface area contributed by atoms with Crippen LogP contribution in [0.2, 0.25) is 0 Å². The minimum Gasteiger partial charge on any atom is -0.489 e. The van der Waals surface area contributed by atoms with Gasteiger partial charge in [0.25, 0.3) is 5.91 Å². The van der Waals surface area contributed by atoms with Crippen molar-refractivity contribution >= 4 is 21.9 Å². The standard InChI is InChI=1S/C25H26F3N3O6S/c1-4-5-21-29-13-20(30-21)22(24(33)36-2)15-7-10-18(11-8-15)37-14-16-6-9-17(25(26,27)28)12-19(16)23(32)31-38(3,34)35/h6-13,22H,4-5,14H2,1-3H3,(H,29,30)(H,31,32). The molecular weight excluding hydrogens is 527 g/mol. The van der Waals surface area contributed by atoms with Gasteiger partial charge in [0.1, 0.15) is 24.1 Å². The predicted octanol–water partition coefficient (Wildman–Crippen LogP) is 3.95. The molecule has 0 saturated carbocycles. The minimum atomic E-state index is -4.74. The minimum absolute atomic E-state index is 0.0385. The number of carbonyl (C=O) groups excluding carboxylic acids is 2. The molecule has 1 aromatic heterocycles. The highest BCUT2D eigenvalue weighted by molar-refractivity contribution is 7.89. The van der Waals surface area contributed by atoms with Gasteiger partial charge >= 0.3 is 12.1 Å². The van der Waals surface area contributed by atoms with E-state index in [9.17, 15) is 31.2 Å². The Bertz CT molecular complexity index is 1400. The number of methoxy groups -OCH3 is 1. The predicted molar refractivity (Wildman–Crippen MR) is 131 cm³/mol. The molecule has 0 aliphatic heterocycles. The van der Waals surface area contributed by atoms with Gasteiger partial charge < -0.3 is 14.5 Å². The molecule has 2 aromatic carbocycles. The molecule has 0 spiro atoms. The number of benzene rings is 2. The van der Waals surface area contributed by atoms with Crippen molar-refractivity contribution in [3.05, 3.63) is 82.4 Å². The SMILES string of the molecule is CCCc1ncc(C(C(=O)OC)c2ccc(OCc3ccc(C(F)(F)F)cc3C(=O)NS(C)(=O)=O)cc2)[nH]1. The summed E-state index contributed by atoms with van der Waals surface area (Å²) in [4.78, 5) is 32.3. The molecule has 3 aromatic rings. The molecule has 0 saturated heterocycles. The van der Waals surface area contributed by atoms with Gasteiger partial charge in [0.15, 0.2) is 0 Å². The average Bonchev–Trinajstić information content (AvgIpc) is 3.30. The number of imidazole rings is 1. The van der Waals surface area contributed by atoms with Gasteiger partial charge in [-0.1, -0.05) is 25.1 Å². The Morgan fingerprint density at radius 3 is 2.39 bits per heavy atom. The van der Waals surface area contributed by atoms with Gasteiger partial charge in [-0.15, -0.1) is 0 Å². The van der Waals surface area contributed by atoms with Crippen LogP contribution in [0.3, 0.4) is 0 Å². The zero-order chi connectivity index (χ0) is 28.1. The number of rotatable bonds is 10. The number of aryl methyl sites for hydroxylation is 1. The number of amides is 1. The summed E-state index contributed by atoms with van der Waals surface area (Å²) in [6.07, 6.45) is -0.860. The third-order valence-corrected chi connectivity index (χ3v) is 6.01. The van der Waals surface area contributed by atoms with Crippen LogP contribution in [0.4, 0.5) is 13.2 Å². The summed E-state index contributed by atoms with van der Waals surface area (Å²) in [6.45, 7) is 1.68. The number of hydrogen-bond acceptors (Lipinski definition) is 7. The molecule has 1 unspecified atom stereocenters. The number of nitrogens with one attached hydrogen (secondary N) is 2. The number of esters is 1. The number of hydrogen-bond donors (Lipinski definition) is 2. The zero-order valence-electron chi connectivity index (χ0n) is 20.8. The number of halogens is 3. The van der Waals surface area contributed by atoms with E-state index in [1.165, 1.54) is 7.11 Å². The highest BCUT2D eigenvalue weighted by Crippen LogP contribution is 2.31. The first kappa shape index (κ1) is 28.7. The summed E-state index contributed by atoms with van der Waals surface area (Å²) in [5, 5.41) is 0. The maximum Gasteiger partial charge on any atom is 0.416 e. The Kier molecular flexibility index (Phi) is 8.82. The van der Waals surface area contributed by atoms with Gasteiger partial charge in [-0.25, -0.2) is 18.1 Å². The highest BCUT2D eigenvalue weighted by Gasteiger charge is 2.32. The number of H-pyrrole nitrogens is 1. The van der Waals surface area contributed by atoms with Crippen molar-refractivity contribution in [2.75, 3.05) is 13.4 Å². The van der Waals surface area contributed by atoms with Crippen LogP contribution in [0, 0.1) is 0 Å². The lowest BCUT2D eigenvalue weighted by molar-refractivity contribution is -0.141. The van der Waals surface area contributed by atoms with Crippen molar-refractivity contribution in [3.8, 4) is 5.75 Å². The molecule has 0 radical (unpaired) electrons. The number of aromatic amines is 1. The maximum absolute atomic E-state index is 13.2. The van der Waals surface area contributed by atoms with Gasteiger partial charge in [0.2, 0.25) is 10.0 Å². The smallest absolute Gasteiger partial charge is 0.416 e. The van der Waals surface area contributed by atoms with E-state index in [0.717, 1.165) is 30.8 Å². The summed E-state index contributed by atoms with van der Waals surface area (Å²) in [6, 6.07) is 8.75. The zero-order valence-corrected chi connectivity index (χ0v) is 21.6. The Hall–Kier alpha value is -3.87. The van der Waals surface area contributed by atoms with Crippen LogP contribution >= 0.6 is 0 Å². The van der Waals surface area contributed by atoms with Crippen LogP contribution in [0.25, 0.3) is 0 Å². The van der Waals surface area contributed by atoms with Gasteiger partial charge in [-0.2, -0.15) is 13.2 Å². The first-order chi connectivity index (χ1) is 17.8. The lowest BCUT2D eigenvalue weighted by Gasteiger charge is -2.16. The number of alkyl halides is 3. The lowest BCUT2D eigenvalue weighted by Crippen LogP contribution is -2.30.